The van der Waals surface area contributed by atoms with E-state index in [0.29, 0.717) is 24.1 Å². The molecule has 0 radical (unpaired) electrons. The molecule has 2 unspecified atom stereocenters. The minimum absolute atomic E-state index is 0.136. The Morgan fingerprint density at radius 1 is 1.29 bits per heavy atom. The van der Waals surface area contributed by atoms with Gasteiger partial charge in [0.15, 0.2) is 0 Å². The highest BCUT2D eigenvalue weighted by atomic mass is 16.5. The SMILES string of the molecule is CCOC1CC(NCc2c(C)nn(CCO)c2C)C12CCCCC2. The van der Waals surface area contributed by atoms with Gasteiger partial charge in [-0.2, -0.15) is 5.10 Å². The van der Waals surface area contributed by atoms with Gasteiger partial charge >= 0.3 is 0 Å². The van der Waals surface area contributed by atoms with Gasteiger partial charge in [0.2, 0.25) is 0 Å². The molecule has 5 heteroatoms. The molecule has 2 atom stereocenters. The van der Waals surface area contributed by atoms with E-state index in [2.05, 4.69) is 31.2 Å². The Bertz CT molecular complexity index is 549. The lowest BCUT2D eigenvalue weighted by molar-refractivity contribution is -0.150. The zero-order chi connectivity index (χ0) is 17.2. The summed E-state index contributed by atoms with van der Waals surface area (Å²) in [5.74, 6) is 0. The lowest BCUT2D eigenvalue weighted by Gasteiger charge is -2.58. The summed E-state index contributed by atoms with van der Waals surface area (Å²) in [5, 5.41) is 17.6. The predicted octanol–water partition coefficient (Wildman–Crippen LogP) is 2.71. The van der Waals surface area contributed by atoms with Crippen molar-refractivity contribution in [1.82, 2.24) is 15.1 Å². The van der Waals surface area contributed by atoms with Crippen molar-refractivity contribution >= 4 is 0 Å². The van der Waals surface area contributed by atoms with Crippen LogP contribution in [0.25, 0.3) is 0 Å². The lowest BCUT2D eigenvalue weighted by Crippen LogP contribution is -2.64. The maximum absolute atomic E-state index is 9.16. The Morgan fingerprint density at radius 3 is 2.71 bits per heavy atom. The molecule has 2 aliphatic carbocycles. The van der Waals surface area contributed by atoms with Crippen LogP contribution in [0, 0.1) is 19.3 Å². The third kappa shape index (κ3) is 3.14. The monoisotopic (exact) mass is 335 g/mol. The summed E-state index contributed by atoms with van der Waals surface area (Å²) in [5.41, 5.74) is 3.89. The molecule has 5 nitrogen and oxygen atoms in total. The van der Waals surface area contributed by atoms with Gasteiger partial charge in [-0.15, -0.1) is 0 Å². The van der Waals surface area contributed by atoms with Crippen LogP contribution in [0.4, 0.5) is 0 Å². The van der Waals surface area contributed by atoms with E-state index < -0.39 is 0 Å². The van der Waals surface area contributed by atoms with E-state index in [9.17, 15) is 0 Å². The molecule has 1 aromatic rings. The second-order valence-electron chi connectivity index (χ2n) is 7.50. The van der Waals surface area contributed by atoms with Crippen LogP contribution >= 0.6 is 0 Å². The van der Waals surface area contributed by atoms with Gasteiger partial charge in [-0.1, -0.05) is 19.3 Å². The molecular weight excluding hydrogens is 302 g/mol. The van der Waals surface area contributed by atoms with Gasteiger partial charge in [-0.3, -0.25) is 4.68 Å². The summed E-state index contributed by atoms with van der Waals surface area (Å²) in [6, 6.07) is 0.564. The van der Waals surface area contributed by atoms with Crippen LogP contribution in [0.1, 0.15) is 62.4 Å². The maximum atomic E-state index is 9.16. The van der Waals surface area contributed by atoms with E-state index in [1.807, 2.05) is 4.68 Å². The Morgan fingerprint density at radius 2 is 2.04 bits per heavy atom. The van der Waals surface area contributed by atoms with Gasteiger partial charge in [0.05, 0.1) is 24.9 Å². The summed E-state index contributed by atoms with van der Waals surface area (Å²) >= 11 is 0. The molecule has 0 aliphatic heterocycles. The zero-order valence-corrected chi connectivity index (χ0v) is 15.5. The second kappa shape index (κ2) is 7.54. The van der Waals surface area contributed by atoms with Crippen LogP contribution in [0.5, 0.6) is 0 Å². The van der Waals surface area contributed by atoms with Crippen molar-refractivity contribution in [2.75, 3.05) is 13.2 Å². The van der Waals surface area contributed by atoms with Crippen molar-refractivity contribution in [3.05, 3.63) is 17.0 Å². The number of nitrogens with zero attached hydrogens (tertiary/aromatic N) is 2. The molecule has 3 rings (SSSR count). The Kier molecular flexibility index (Phi) is 5.63. The largest absolute Gasteiger partial charge is 0.394 e. The minimum atomic E-state index is 0.136. The number of aromatic nitrogens is 2. The van der Waals surface area contributed by atoms with Crippen LogP contribution in [-0.2, 0) is 17.8 Å². The molecule has 24 heavy (non-hydrogen) atoms. The molecule has 2 fully saturated rings. The number of aliphatic hydroxyl groups excluding tert-OH is 1. The van der Waals surface area contributed by atoms with Crippen molar-refractivity contribution < 1.29 is 9.84 Å². The highest BCUT2D eigenvalue weighted by Gasteiger charge is 2.55. The normalized spacial score (nSPS) is 25.8. The van der Waals surface area contributed by atoms with E-state index in [4.69, 9.17) is 9.84 Å². The first-order chi connectivity index (χ1) is 11.6. The molecule has 0 amide bonds. The van der Waals surface area contributed by atoms with E-state index >= 15 is 0 Å². The fraction of sp³-hybridized carbons (Fsp3) is 0.842. The van der Waals surface area contributed by atoms with Crippen molar-refractivity contribution in [2.45, 2.75) is 84.5 Å². The minimum Gasteiger partial charge on any atom is -0.394 e. The molecule has 0 bridgehead atoms. The summed E-state index contributed by atoms with van der Waals surface area (Å²) in [6.07, 6.45) is 8.24. The number of nitrogens with one attached hydrogen (secondary N) is 1. The molecular formula is C19H33N3O2. The fourth-order valence-corrected chi connectivity index (χ4v) is 4.88. The van der Waals surface area contributed by atoms with Crippen LogP contribution in [-0.4, -0.2) is 40.2 Å². The van der Waals surface area contributed by atoms with Gasteiger partial charge in [0.1, 0.15) is 0 Å². The molecule has 1 spiro atoms. The van der Waals surface area contributed by atoms with Gasteiger partial charge in [-0.05, 0) is 40.0 Å². The highest BCUT2D eigenvalue weighted by molar-refractivity contribution is 5.25. The number of ether oxygens (including phenoxy) is 1. The quantitative estimate of drug-likeness (QED) is 0.804. The molecule has 1 aromatic heterocycles. The van der Waals surface area contributed by atoms with E-state index in [0.717, 1.165) is 25.3 Å². The Balaban J connectivity index is 1.66. The van der Waals surface area contributed by atoms with Crippen molar-refractivity contribution in [1.29, 1.82) is 0 Å². The van der Waals surface area contributed by atoms with Crippen LogP contribution < -0.4 is 5.32 Å². The summed E-state index contributed by atoms with van der Waals surface area (Å²) < 4.78 is 7.98. The predicted molar refractivity (Wildman–Crippen MR) is 95.0 cm³/mol. The Hall–Kier alpha value is -0.910. The number of hydrogen-bond acceptors (Lipinski definition) is 4. The third-order valence-electron chi connectivity index (χ3n) is 6.31. The molecule has 2 aliphatic rings. The van der Waals surface area contributed by atoms with Crippen LogP contribution in [0.3, 0.4) is 0 Å². The fourth-order valence-electron chi connectivity index (χ4n) is 4.88. The number of aliphatic hydroxyl groups is 1. The average molecular weight is 335 g/mol. The summed E-state index contributed by atoms with van der Waals surface area (Å²) in [4.78, 5) is 0. The summed E-state index contributed by atoms with van der Waals surface area (Å²) in [7, 11) is 0. The average Bonchev–Trinajstić information content (AvgIpc) is 2.85. The Labute approximate surface area is 145 Å². The molecule has 1 heterocycles. The van der Waals surface area contributed by atoms with Gasteiger partial charge in [0.25, 0.3) is 0 Å². The first-order valence-electron chi connectivity index (χ1n) is 9.61. The third-order valence-corrected chi connectivity index (χ3v) is 6.31. The molecule has 0 saturated heterocycles. The van der Waals surface area contributed by atoms with E-state index in [1.54, 1.807) is 0 Å². The zero-order valence-electron chi connectivity index (χ0n) is 15.5. The first kappa shape index (κ1) is 17.9. The van der Waals surface area contributed by atoms with Crippen molar-refractivity contribution in [2.24, 2.45) is 5.41 Å². The van der Waals surface area contributed by atoms with Crippen LogP contribution in [0.2, 0.25) is 0 Å². The second-order valence-corrected chi connectivity index (χ2v) is 7.50. The molecule has 2 saturated carbocycles. The highest BCUT2D eigenvalue weighted by Crippen LogP contribution is 2.53. The molecule has 136 valence electrons. The van der Waals surface area contributed by atoms with Crippen LogP contribution in [0.15, 0.2) is 0 Å². The van der Waals surface area contributed by atoms with E-state index in [1.165, 1.54) is 43.4 Å². The summed E-state index contributed by atoms with van der Waals surface area (Å²) in [6.45, 7) is 8.69. The smallest absolute Gasteiger partial charge is 0.0661 e. The number of aryl methyl sites for hydroxylation is 1. The standard InChI is InChI=1S/C19H33N3O2/c1-4-24-18-12-17(19(18)8-6-5-7-9-19)20-13-16-14(2)21-22(10-11-23)15(16)3/h17-18,20,23H,4-13H2,1-3H3. The molecule has 2 N–H and O–H groups in total. The van der Waals surface area contributed by atoms with Crippen molar-refractivity contribution in [3.63, 3.8) is 0 Å². The van der Waals surface area contributed by atoms with Gasteiger partial charge in [0, 0.05) is 35.9 Å². The first-order valence-corrected chi connectivity index (χ1v) is 9.61. The van der Waals surface area contributed by atoms with Gasteiger partial charge < -0.3 is 15.2 Å². The molecule has 0 aromatic carbocycles. The lowest BCUT2D eigenvalue weighted by atomic mass is 9.55. The van der Waals surface area contributed by atoms with Crippen molar-refractivity contribution in [3.8, 4) is 0 Å². The van der Waals surface area contributed by atoms with Gasteiger partial charge in [-0.25, -0.2) is 0 Å². The number of rotatable bonds is 7. The number of hydrogen-bond donors (Lipinski definition) is 2. The topological polar surface area (TPSA) is 59.3 Å². The van der Waals surface area contributed by atoms with E-state index in [-0.39, 0.29) is 6.61 Å². The maximum Gasteiger partial charge on any atom is 0.0661 e.